The zero-order valence-corrected chi connectivity index (χ0v) is 17.4. The Morgan fingerprint density at radius 3 is 2.00 bits per heavy atom. The topological polar surface area (TPSA) is 20.2 Å². The molecule has 1 aromatic rings. The number of rotatable bonds is 8. The number of nitrogens with zero attached hydrogens (tertiary/aromatic N) is 1. The van der Waals surface area contributed by atoms with Crippen molar-refractivity contribution in [2.24, 2.45) is 5.92 Å². The normalized spacial score (nSPS) is 18.7. The van der Waals surface area contributed by atoms with Crippen molar-refractivity contribution in [1.29, 1.82) is 0 Å². The third-order valence-corrected chi connectivity index (χ3v) is 6.53. The number of benzene rings is 1. The monoisotopic (exact) mass is 397 g/mol. The lowest BCUT2D eigenvalue weighted by molar-refractivity contribution is -0.924. The van der Waals surface area contributed by atoms with Gasteiger partial charge >= 0.3 is 0 Å². The average Bonchev–Trinajstić information content (AvgIpc) is 2.64. The lowest BCUT2D eigenvalue weighted by Gasteiger charge is -2.43. The number of quaternary nitrogens is 1. The van der Waals surface area contributed by atoms with Crippen LogP contribution in [0.2, 0.25) is 0 Å². The molecule has 2 nitrogen and oxygen atoms in total. The lowest BCUT2D eigenvalue weighted by Crippen LogP contribution is -3.00. The van der Waals surface area contributed by atoms with Gasteiger partial charge in [-0.15, -0.1) is 0 Å². The molecule has 1 saturated carbocycles. The van der Waals surface area contributed by atoms with Gasteiger partial charge in [-0.2, -0.15) is 0 Å². The van der Waals surface area contributed by atoms with Crippen LogP contribution >= 0.6 is 0 Å². The van der Waals surface area contributed by atoms with E-state index in [2.05, 4.69) is 51.1 Å². The first-order valence-electron chi connectivity index (χ1n) is 9.73. The molecule has 1 aromatic carbocycles. The van der Waals surface area contributed by atoms with Crippen LogP contribution in [-0.4, -0.2) is 35.8 Å². The zero-order chi connectivity index (χ0) is 16.8. The summed E-state index contributed by atoms with van der Waals surface area (Å²) in [7, 11) is 0. The standard InChI is InChI=1S/C21H36NO.BrH/c1-4-22(5-2,6-3)18-17-21(23,19-13-9-7-10-14-19)20-15-11-8-12-16-20;/h7,9-10,13-14,20,23H,4-6,8,11-12,15-18H2,1-3H3;1H/q+1;/p-1. The summed E-state index contributed by atoms with van der Waals surface area (Å²) in [5.41, 5.74) is 0.485. The van der Waals surface area contributed by atoms with Crippen LogP contribution in [0.15, 0.2) is 30.3 Å². The summed E-state index contributed by atoms with van der Waals surface area (Å²) in [5.74, 6) is 0.422. The Morgan fingerprint density at radius 2 is 1.50 bits per heavy atom. The summed E-state index contributed by atoms with van der Waals surface area (Å²) in [5, 5.41) is 11.7. The highest BCUT2D eigenvalue weighted by Gasteiger charge is 2.40. The van der Waals surface area contributed by atoms with Crippen molar-refractivity contribution in [3.63, 3.8) is 0 Å². The minimum Gasteiger partial charge on any atom is -1.00 e. The maximum absolute atomic E-state index is 11.7. The van der Waals surface area contributed by atoms with Crippen molar-refractivity contribution in [3.8, 4) is 0 Å². The fraction of sp³-hybridized carbons (Fsp3) is 0.714. The molecule has 0 amide bonds. The fourth-order valence-electron chi connectivity index (χ4n) is 4.44. The minimum absolute atomic E-state index is 0. The molecular formula is C21H36BrNO. The fourth-order valence-corrected chi connectivity index (χ4v) is 4.44. The van der Waals surface area contributed by atoms with E-state index in [0.717, 1.165) is 42.6 Å². The summed E-state index contributed by atoms with van der Waals surface area (Å²) in [6.45, 7) is 11.4. The summed E-state index contributed by atoms with van der Waals surface area (Å²) in [6.07, 6.45) is 7.12. The van der Waals surface area contributed by atoms with E-state index in [4.69, 9.17) is 0 Å². The van der Waals surface area contributed by atoms with E-state index in [0.29, 0.717) is 5.92 Å². The second-order valence-corrected chi connectivity index (χ2v) is 7.39. The van der Waals surface area contributed by atoms with Gasteiger partial charge in [-0.1, -0.05) is 49.6 Å². The van der Waals surface area contributed by atoms with Gasteiger partial charge in [0, 0.05) is 6.42 Å². The van der Waals surface area contributed by atoms with Crippen LogP contribution in [0.25, 0.3) is 0 Å². The predicted molar refractivity (Wildman–Crippen MR) is 98.3 cm³/mol. The molecule has 24 heavy (non-hydrogen) atoms. The molecule has 0 heterocycles. The third-order valence-electron chi connectivity index (χ3n) is 6.53. The summed E-state index contributed by atoms with van der Waals surface area (Å²) in [6, 6.07) is 10.5. The molecule has 138 valence electrons. The van der Waals surface area contributed by atoms with Crippen molar-refractivity contribution in [1.82, 2.24) is 0 Å². The van der Waals surface area contributed by atoms with Gasteiger partial charge in [0.2, 0.25) is 0 Å². The SMILES string of the molecule is CC[N+](CC)(CC)CCC(O)(c1ccccc1)C1CCCCC1.[Br-]. The van der Waals surface area contributed by atoms with Gasteiger partial charge in [-0.25, -0.2) is 0 Å². The number of hydrogen-bond acceptors (Lipinski definition) is 1. The van der Waals surface area contributed by atoms with Gasteiger partial charge in [0.05, 0.1) is 31.8 Å². The predicted octanol–water partition coefficient (Wildman–Crippen LogP) is 1.73. The molecule has 1 unspecified atom stereocenters. The van der Waals surface area contributed by atoms with E-state index < -0.39 is 5.60 Å². The molecule has 1 N–H and O–H groups in total. The Kier molecular flexibility index (Phi) is 8.97. The second-order valence-electron chi connectivity index (χ2n) is 7.39. The molecule has 0 radical (unpaired) electrons. The molecule has 1 atom stereocenters. The van der Waals surface area contributed by atoms with Gasteiger partial charge in [-0.3, -0.25) is 0 Å². The quantitative estimate of drug-likeness (QED) is 0.662. The van der Waals surface area contributed by atoms with E-state index in [1.165, 1.54) is 32.1 Å². The van der Waals surface area contributed by atoms with E-state index in [1.807, 2.05) is 0 Å². The highest BCUT2D eigenvalue weighted by atomic mass is 79.9. The van der Waals surface area contributed by atoms with Crippen molar-refractivity contribution < 1.29 is 26.6 Å². The van der Waals surface area contributed by atoms with Crippen LogP contribution in [0.1, 0.15) is 64.9 Å². The van der Waals surface area contributed by atoms with Gasteiger partial charge in [0.1, 0.15) is 0 Å². The Labute approximate surface area is 159 Å². The molecule has 0 aromatic heterocycles. The summed E-state index contributed by atoms with van der Waals surface area (Å²) in [4.78, 5) is 0. The van der Waals surface area contributed by atoms with Crippen molar-refractivity contribution in [3.05, 3.63) is 35.9 Å². The van der Waals surface area contributed by atoms with Gasteiger partial charge in [0.25, 0.3) is 0 Å². The van der Waals surface area contributed by atoms with Crippen molar-refractivity contribution in [2.45, 2.75) is 64.9 Å². The third kappa shape index (κ3) is 4.83. The molecule has 2 rings (SSSR count). The van der Waals surface area contributed by atoms with Crippen LogP contribution < -0.4 is 17.0 Å². The van der Waals surface area contributed by atoms with Crippen LogP contribution in [0, 0.1) is 5.92 Å². The first-order valence-corrected chi connectivity index (χ1v) is 9.73. The molecule has 3 heteroatoms. The highest BCUT2D eigenvalue weighted by Crippen LogP contribution is 2.42. The van der Waals surface area contributed by atoms with E-state index in [1.54, 1.807) is 0 Å². The Morgan fingerprint density at radius 1 is 0.958 bits per heavy atom. The van der Waals surface area contributed by atoms with Gasteiger partial charge < -0.3 is 26.6 Å². The van der Waals surface area contributed by atoms with Gasteiger partial charge in [0.15, 0.2) is 0 Å². The second kappa shape index (κ2) is 9.94. The molecule has 1 aliphatic rings. The number of halogens is 1. The minimum atomic E-state index is -0.648. The zero-order valence-electron chi connectivity index (χ0n) is 15.8. The number of aliphatic hydroxyl groups is 1. The molecule has 0 saturated heterocycles. The van der Waals surface area contributed by atoms with Crippen LogP contribution in [0.3, 0.4) is 0 Å². The molecule has 0 spiro atoms. The molecule has 1 fully saturated rings. The highest BCUT2D eigenvalue weighted by molar-refractivity contribution is 5.23. The van der Waals surface area contributed by atoms with E-state index in [9.17, 15) is 5.11 Å². The molecule has 1 aliphatic carbocycles. The first kappa shape index (κ1) is 21.7. The maximum atomic E-state index is 11.7. The Bertz CT molecular complexity index is 446. The van der Waals surface area contributed by atoms with Crippen LogP contribution in [0.5, 0.6) is 0 Å². The summed E-state index contributed by atoms with van der Waals surface area (Å²) >= 11 is 0. The number of hydrogen-bond donors (Lipinski definition) is 1. The van der Waals surface area contributed by atoms with Gasteiger partial charge in [-0.05, 0) is 45.1 Å². The van der Waals surface area contributed by atoms with Crippen LogP contribution in [-0.2, 0) is 5.60 Å². The smallest absolute Gasteiger partial charge is 0.0978 e. The van der Waals surface area contributed by atoms with Crippen molar-refractivity contribution in [2.75, 3.05) is 26.2 Å². The Balaban J connectivity index is 0.00000288. The maximum Gasteiger partial charge on any atom is 0.0978 e. The molecule has 0 bridgehead atoms. The van der Waals surface area contributed by atoms with Crippen LogP contribution in [0.4, 0.5) is 0 Å². The average molecular weight is 398 g/mol. The first-order chi connectivity index (χ1) is 11.1. The summed E-state index contributed by atoms with van der Waals surface area (Å²) < 4.78 is 1.11. The lowest BCUT2D eigenvalue weighted by atomic mass is 9.71. The molecular weight excluding hydrogens is 362 g/mol. The largest absolute Gasteiger partial charge is 1.00 e. The van der Waals surface area contributed by atoms with E-state index in [-0.39, 0.29) is 17.0 Å². The van der Waals surface area contributed by atoms with E-state index >= 15 is 0 Å². The Hall–Kier alpha value is -0.380. The van der Waals surface area contributed by atoms with Crippen molar-refractivity contribution >= 4 is 0 Å². The molecule has 0 aliphatic heterocycles.